The largest absolute Gasteiger partial charge is 0.494 e. The van der Waals surface area contributed by atoms with Gasteiger partial charge < -0.3 is 45.4 Å². The highest BCUT2D eigenvalue weighted by molar-refractivity contribution is 7.13. The van der Waals surface area contributed by atoms with Crippen LogP contribution < -0.4 is 35.4 Å². The number of para-hydroxylation sites is 1. The number of aliphatic hydroxyl groups is 1. The molecule has 3 aliphatic rings. The summed E-state index contributed by atoms with van der Waals surface area (Å²) < 4.78 is 5.84. The Morgan fingerprint density at radius 3 is 2.24 bits per heavy atom. The highest BCUT2D eigenvalue weighted by Gasteiger charge is 2.45. The number of thiazole rings is 1. The van der Waals surface area contributed by atoms with Gasteiger partial charge in [0.25, 0.3) is 5.91 Å². The van der Waals surface area contributed by atoms with E-state index in [4.69, 9.17) is 9.72 Å². The van der Waals surface area contributed by atoms with Crippen LogP contribution in [0.15, 0.2) is 78.4 Å². The number of aryl methyl sites for hydroxylation is 1. The molecule has 2 fully saturated rings. The molecule has 0 radical (unpaired) electrons. The van der Waals surface area contributed by atoms with Gasteiger partial charge in [0.1, 0.15) is 23.5 Å². The van der Waals surface area contributed by atoms with Crippen molar-refractivity contribution in [2.45, 2.75) is 123 Å². The number of anilines is 6. The third kappa shape index (κ3) is 13.3. The lowest BCUT2D eigenvalue weighted by molar-refractivity contribution is -0.144. The lowest BCUT2D eigenvalue weighted by Crippen LogP contribution is -2.57. The van der Waals surface area contributed by atoms with E-state index < -0.39 is 23.6 Å². The molecule has 406 valence electrons. The van der Waals surface area contributed by atoms with Crippen LogP contribution in [0.2, 0.25) is 0 Å². The van der Waals surface area contributed by atoms with Crippen LogP contribution in [0.3, 0.4) is 0 Å². The van der Waals surface area contributed by atoms with Gasteiger partial charge in [-0.3, -0.25) is 24.1 Å². The van der Waals surface area contributed by atoms with Crippen molar-refractivity contribution < 1.29 is 29.0 Å². The zero-order chi connectivity index (χ0) is 54.1. The molecular formula is C58H77N11O6S. The molecule has 5 aromatic rings. The molecule has 0 saturated carbocycles. The first-order valence-corrected chi connectivity index (χ1v) is 27.9. The molecule has 4 amide bonds. The van der Waals surface area contributed by atoms with Gasteiger partial charge in [0, 0.05) is 71.4 Å². The Morgan fingerprint density at radius 1 is 0.855 bits per heavy atom. The Hall–Kier alpha value is -6.63. The number of nitrogens with zero attached hydrogens (tertiary/aromatic N) is 8. The lowest BCUT2D eigenvalue weighted by Gasteiger charge is -2.36. The minimum atomic E-state index is -0.842. The van der Waals surface area contributed by atoms with Crippen LogP contribution >= 0.6 is 11.3 Å². The Labute approximate surface area is 452 Å². The van der Waals surface area contributed by atoms with Gasteiger partial charge in [-0.2, -0.15) is 4.98 Å². The van der Waals surface area contributed by atoms with E-state index in [0.29, 0.717) is 35.2 Å². The average molecular weight is 1060 g/mol. The number of aliphatic hydroxyl groups excluding tert-OH is 1. The summed E-state index contributed by atoms with van der Waals surface area (Å²) in [5.41, 5.74) is 8.06. The first-order chi connectivity index (χ1) is 36.5. The molecular weight excluding hydrogens is 979 g/mol. The molecule has 0 aliphatic carbocycles. The molecule has 4 atom stereocenters. The molecule has 2 saturated heterocycles. The maximum Gasteiger partial charge on any atom is 0.260 e. The number of hydrogen-bond acceptors (Lipinski definition) is 14. The second-order valence-corrected chi connectivity index (χ2v) is 22.5. The van der Waals surface area contributed by atoms with E-state index in [0.717, 1.165) is 97.2 Å². The second-order valence-electron chi connectivity index (χ2n) is 21.6. The fraction of sp³-hybridized carbons (Fsp3) is 0.500. The SMILES string of the molecule is COc1cc(N2CCN(CCCCCCCCCCC(=O)N[C@H](C(=O)N3C[C@H](O)C[C@H]3C(=O)N[C@@H](C)c3ccc(-c4scnc4C)cc3)C(C)(C)C)CC2)ccc1Nc1ncc2c(n1)N(C)c1ccccc1C(=O)N2C. The average Bonchev–Trinajstić information content (AvgIpc) is 4.04. The normalized spacial score (nSPS) is 17.7. The van der Waals surface area contributed by atoms with Crippen molar-refractivity contribution in [3.63, 3.8) is 0 Å². The molecule has 4 N–H and O–H groups in total. The van der Waals surface area contributed by atoms with Crippen LogP contribution in [-0.4, -0.2) is 132 Å². The number of hydrogen-bond donors (Lipinski definition) is 4. The number of benzene rings is 3. The van der Waals surface area contributed by atoms with Gasteiger partial charge in [-0.1, -0.05) is 95.7 Å². The van der Waals surface area contributed by atoms with Crippen LogP contribution in [0.1, 0.15) is 120 Å². The standard InChI is InChI=1S/C58H77N11O6S/c1-38(40-22-24-41(25-23-40)51-39(2)60-37-76-51)61-54(72)47-34-43(70)36-69(47)56(74)52(58(3,4)5)63-50(71)21-15-13-11-9-10-12-14-18-28-67-29-31-68(32-30-67)42-26-27-45(49(33-42)75-8)62-57-59-35-48-53(64-57)65(6)46-20-17-16-19-44(46)55(73)66(48)7/h16-17,19-20,22-27,33,35,37-38,43,47,52,70H,9-15,18,21,28-32,34,36H2,1-8H3,(H,61,72)(H,63,71)(H,59,62,64)/t38-,43+,47-,52+/m0/s1. The molecule has 0 unspecified atom stereocenters. The van der Waals surface area contributed by atoms with Crippen molar-refractivity contribution in [3.05, 3.63) is 95.3 Å². The van der Waals surface area contributed by atoms with Gasteiger partial charge in [0.05, 0.1) is 58.5 Å². The molecule has 2 aromatic heterocycles. The maximum absolute atomic E-state index is 14.1. The summed E-state index contributed by atoms with van der Waals surface area (Å²) in [5.74, 6) is 0.759. The molecule has 0 spiro atoms. The zero-order valence-electron chi connectivity index (χ0n) is 45.6. The Morgan fingerprint density at radius 2 is 1.55 bits per heavy atom. The van der Waals surface area contributed by atoms with Gasteiger partial charge >= 0.3 is 0 Å². The Bertz CT molecular complexity index is 2810. The molecule has 17 nitrogen and oxygen atoms in total. The number of amides is 4. The van der Waals surface area contributed by atoms with Crippen molar-refractivity contribution in [2.24, 2.45) is 5.41 Å². The minimum absolute atomic E-state index is 0.0378. The predicted molar refractivity (Wildman–Crippen MR) is 302 cm³/mol. The maximum atomic E-state index is 14.1. The third-order valence-electron chi connectivity index (χ3n) is 15.1. The number of methoxy groups -OCH3 is 1. The number of likely N-dealkylation sites (tertiary alicyclic amines) is 1. The first kappa shape index (κ1) is 55.6. The van der Waals surface area contributed by atoms with Crippen LogP contribution in [0.25, 0.3) is 10.4 Å². The minimum Gasteiger partial charge on any atom is -0.494 e. The molecule has 8 rings (SSSR count). The summed E-state index contributed by atoms with van der Waals surface area (Å²) in [6, 6.07) is 19.7. The van der Waals surface area contributed by atoms with E-state index in [1.54, 1.807) is 36.6 Å². The lowest BCUT2D eigenvalue weighted by atomic mass is 9.85. The highest BCUT2D eigenvalue weighted by Crippen LogP contribution is 2.39. The zero-order valence-corrected chi connectivity index (χ0v) is 46.4. The molecule has 3 aromatic carbocycles. The number of carbonyl (C=O) groups is 4. The van der Waals surface area contributed by atoms with Crippen molar-refractivity contribution in [3.8, 4) is 16.2 Å². The van der Waals surface area contributed by atoms with E-state index in [1.165, 1.54) is 30.6 Å². The first-order valence-electron chi connectivity index (χ1n) is 27.0. The van der Waals surface area contributed by atoms with Crippen LogP contribution in [-0.2, 0) is 14.4 Å². The van der Waals surface area contributed by atoms with E-state index in [9.17, 15) is 24.3 Å². The smallest absolute Gasteiger partial charge is 0.260 e. The third-order valence-corrected chi connectivity index (χ3v) is 16.1. The molecule has 18 heteroatoms. The fourth-order valence-corrected chi connectivity index (χ4v) is 11.3. The van der Waals surface area contributed by atoms with Crippen LogP contribution in [0.5, 0.6) is 5.75 Å². The predicted octanol–water partition coefficient (Wildman–Crippen LogP) is 9.02. The number of rotatable bonds is 21. The van der Waals surface area contributed by atoms with Gasteiger partial charge in [0.15, 0.2) is 5.82 Å². The summed E-state index contributed by atoms with van der Waals surface area (Å²) in [6.07, 6.45) is 9.92. The summed E-state index contributed by atoms with van der Waals surface area (Å²) in [6.45, 7) is 14.6. The molecule has 5 heterocycles. The number of nitrogens with one attached hydrogen (secondary N) is 3. The molecule has 0 bridgehead atoms. The topological polar surface area (TPSA) is 189 Å². The van der Waals surface area contributed by atoms with Gasteiger partial charge in [-0.15, -0.1) is 11.3 Å². The van der Waals surface area contributed by atoms with E-state index in [1.807, 2.05) is 107 Å². The summed E-state index contributed by atoms with van der Waals surface area (Å²) in [7, 11) is 5.31. The molecule has 76 heavy (non-hydrogen) atoms. The quantitative estimate of drug-likeness (QED) is 0.0510. The van der Waals surface area contributed by atoms with Crippen LogP contribution in [0, 0.1) is 12.3 Å². The van der Waals surface area contributed by atoms with E-state index in [-0.39, 0.29) is 42.6 Å². The fourth-order valence-electron chi connectivity index (χ4n) is 10.5. The van der Waals surface area contributed by atoms with E-state index >= 15 is 0 Å². The number of unbranched alkanes of at least 4 members (excludes halogenated alkanes) is 7. The van der Waals surface area contributed by atoms with Crippen molar-refractivity contribution in [1.82, 2.24) is 35.4 Å². The number of ether oxygens (including phenoxy) is 1. The number of carbonyl (C=O) groups excluding carboxylic acids is 4. The Balaban J connectivity index is 0.702. The van der Waals surface area contributed by atoms with Crippen molar-refractivity contribution >= 4 is 69.5 Å². The van der Waals surface area contributed by atoms with Gasteiger partial charge in [-0.25, -0.2) is 9.97 Å². The number of aromatic nitrogens is 3. The van der Waals surface area contributed by atoms with Crippen molar-refractivity contribution in [2.75, 3.05) is 80.5 Å². The number of piperazine rings is 1. The second kappa shape index (κ2) is 25.0. The highest BCUT2D eigenvalue weighted by atomic mass is 32.1. The number of β-amino-alcohol motifs (C(OH)–C–C–N with tert-alkyl or cyclic N) is 1. The summed E-state index contributed by atoms with van der Waals surface area (Å²) in [4.78, 5) is 79.1. The van der Waals surface area contributed by atoms with Gasteiger partial charge in [-0.05, 0) is 74.0 Å². The number of fused-ring (bicyclic) bond motifs is 2. The van der Waals surface area contributed by atoms with Crippen molar-refractivity contribution in [1.29, 1.82) is 0 Å². The summed E-state index contributed by atoms with van der Waals surface area (Å²) >= 11 is 1.59. The van der Waals surface area contributed by atoms with E-state index in [2.05, 4.69) is 47.9 Å². The van der Waals surface area contributed by atoms with Gasteiger partial charge in [0.2, 0.25) is 23.7 Å². The van der Waals surface area contributed by atoms with Crippen LogP contribution in [0.4, 0.5) is 34.5 Å². The summed E-state index contributed by atoms with van der Waals surface area (Å²) in [5, 5.41) is 20.1. The molecule has 3 aliphatic heterocycles. The Kier molecular flexibility index (Phi) is 18.3. The monoisotopic (exact) mass is 1060 g/mol.